The minimum Gasteiger partial charge on any atom is -0.389 e. The molecule has 0 spiro atoms. The lowest BCUT2D eigenvalue weighted by Gasteiger charge is -2.26. The van der Waals surface area contributed by atoms with E-state index in [0.717, 1.165) is 23.5 Å². The minimum atomic E-state index is -0.775. The first-order chi connectivity index (χ1) is 9.89. The predicted molar refractivity (Wildman–Crippen MR) is 84.2 cm³/mol. The van der Waals surface area contributed by atoms with Crippen molar-refractivity contribution < 1.29 is 5.11 Å². The lowest BCUT2D eigenvalue weighted by atomic mass is 10.1. The van der Waals surface area contributed by atoms with Crippen LogP contribution in [0.25, 0.3) is 11.4 Å². The molecular formula is C16H22N4O. The van der Waals surface area contributed by atoms with Crippen molar-refractivity contribution in [3.8, 4) is 11.4 Å². The second-order valence-corrected chi connectivity index (χ2v) is 5.80. The van der Waals surface area contributed by atoms with Gasteiger partial charge in [0.15, 0.2) is 5.82 Å². The number of rotatable bonds is 5. The van der Waals surface area contributed by atoms with Crippen molar-refractivity contribution in [3.63, 3.8) is 0 Å². The van der Waals surface area contributed by atoms with Crippen molar-refractivity contribution >= 4 is 5.82 Å². The lowest BCUT2D eigenvalue weighted by molar-refractivity contribution is 0.0884. The molecule has 5 nitrogen and oxygen atoms in total. The van der Waals surface area contributed by atoms with Crippen LogP contribution in [0.3, 0.4) is 0 Å². The Morgan fingerprint density at radius 3 is 2.43 bits per heavy atom. The highest BCUT2D eigenvalue weighted by Gasteiger charge is 2.18. The van der Waals surface area contributed by atoms with Gasteiger partial charge in [-0.1, -0.05) is 6.92 Å². The summed E-state index contributed by atoms with van der Waals surface area (Å²) in [5.74, 6) is 1.50. The first-order valence-electron chi connectivity index (χ1n) is 7.11. The monoisotopic (exact) mass is 286 g/mol. The zero-order chi connectivity index (χ0) is 15.5. The van der Waals surface area contributed by atoms with Crippen LogP contribution >= 0.6 is 0 Å². The first kappa shape index (κ1) is 15.4. The van der Waals surface area contributed by atoms with Crippen molar-refractivity contribution in [3.05, 3.63) is 36.3 Å². The van der Waals surface area contributed by atoms with Gasteiger partial charge in [-0.15, -0.1) is 0 Å². The van der Waals surface area contributed by atoms with E-state index in [1.165, 1.54) is 0 Å². The van der Waals surface area contributed by atoms with Gasteiger partial charge in [-0.05, 0) is 32.4 Å². The average molecular weight is 286 g/mol. The van der Waals surface area contributed by atoms with Crippen LogP contribution < -0.4 is 4.90 Å². The fourth-order valence-corrected chi connectivity index (χ4v) is 2.15. The normalized spacial score (nSPS) is 11.5. The topological polar surface area (TPSA) is 62.1 Å². The zero-order valence-electron chi connectivity index (χ0n) is 13.0. The quantitative estimate of drug-likeness (QED) is 0.914. The number of aryl methyl sites for hydroxylation is 1. The van der Waals surface area contributed by atoms with Crippen LogP contribution in [0.15, 0.2) is 30.6 Å². The van der Waals surface area contributed by atoms with E-state index in [1.54, 1.807) is 26.2 Å². The minimum absolute atomic E-state index is 0.503. The van der Waals surface area contributed by atoms with E-state index in [9.17, 15) is 5.11 Å². The Balaban J connectivity index is 2.39. The summed E-state index contributed by atoms with van der Waals surface area (Å²) in [5.41, 5.74) is 1.15. The van der Waals surface area contributed by atoms with Crippen molar-refractivity contribution in [1.29, 1.82) is 0 Å². The Morgan fingerprint density at radius 1 is 1.19 bits per heavy atom. The summed E-state index contributed by atoms with van der Waals surface area (Å²) in [6, 6.07) is 5.76. The summed E-state index contributed by atoms with van der Waals surface area (Å²) in [4.78, 5) is 15.2. The Kier molecular flexibility index (Phi) is 4.53. The standard InChI is InChI=1S/C16H22N4O/c1-5-13-10-14(20(4)11-16(2,3)21)19-15(18-13)12-6-8-17-9-7-12/h6-10,21H,5,11H2,1-4H3. The van der Waals surface area contributed by atoms with E-state index < -0.39 is 5.60 Å². The number of likely N-dealkylation sites (N-methyl/N-ethyl adjacent to an activating group) is 1. The zero-order valence-corrected chi connectivity index (χ0v) is 13.0. The van der Waals surface area contributed by atoms with Gasteiger partial charge in [-0.25, -0.2) is 9.97 Å². The van der Waals surface area contributed by atoms with Crippen LogP contribution in [0.2, 0.25) is 0 Å². The van der Waals surface area contributed by atoms with Crippen LogP contribution in [0.1, 0.15) is 26.5 Å². The summed E-state index contributed by atoms with van der Waals surface area (Å²) < 4.78 is 0. The maximum Gasteiger partial charge on any atom is 0.161 e. The fourth-order valence-electron chi connectivity index (χ4n) is 2.15. The maximum absolute atomic E-state index is 9.97. The van der Waals surface area contributed by atoms with Gasteiger partial charge < -0.3 is 10.0 Å². The second kappa shape index (κ2) is 6.18. The van der Waals surface area contributed by atoms with Gasteiger partial charge in [-0.2, -0.15) is 0 Å². The molecule has 112 valence electrons. The van der Waals surface area contributed by atoms with Gasteiger partial charge in [0.05, 0.1) is 5.60 Å². The molecule has 2 aromatic heterocycles. The summed E-state index contributed by atoms with van der Waals surface area (Å²) >= 11 is 0. The molecule has 0 unspecified atom stereocenters. The van der Waals surface area contributed by atoms with Crippen molar-refractivity contribution in [2.75, 3.05) is 18.5 Å². The SMILES string of the molecule is CCc1cc(N(C)CC(C)(C)O)nc(-c2ccncc2)n1. The first-order valence-corrected chi connectivity index (χ1v) is 7.11. The Hall–Kier alpha value is -2.01. The van der Waals surface area contributed by atoms with Crippen LogP contribution in [-0.2, 0) is 6.42 Å². The van der Waals surface area contributed by atoms with Crippen molar-refractivity contribution in [2.24, 2.45) is 0 Å². The molecule has 0 atom stereocenters. The highest BCUT2D eigenvalue weighted by molar-refractivity contribution is 5.57. The van der Waals surface area contributed by atoms with E-state index in [4.69, 9.17) is 0 Å². The number of hydrogen-bond acceptors (Lipinski definition) is 5. The van der Waals surface area contributed by atoms with Crippen LogP contribution in [0, 0.1) is 0 Å². The van der Waals surface area contributed by atoms with Gasteiger partial charge in [0.1, 0.15) is 5.82 Å². The fraction of sp³-hybridized carbons (Fsp3) is 0.438. The van der Waals surface area contributed by atoms with Crippen LogP contribution in [0.4, 0.5) is 5.82 Å². The number of pyridine rings is 1. The number of anilines is 1. The molecule has 2 heterocycles. The van der Waals surface area contributed by atoms with Crippen LogP contribution in [-0.4, -0.2) is 39.3 Å². The van der Waals surface area contributed by atoms with E-state index in [2.05, 4.69) is 21.9 Å². The van der Waals surface area contributed by atoms with E-state index in [-0.39, 0.29) is 0 Å². The van der Waals surface area contributed by atoms with E-state index in [1.807, 2.05) is 30.1 Å². The molecule has 0 aliphatic rings. The third kappa shape index (κ3) is 4.23. The highest BCUT2D eigenvalue weighted by Crippen LogP contribution is 2.20. The Bertz CT molecular complexity index is 593. The summed E-state index contributed by atoms with van der Waals surface area (Å²) in [5, 5.41) is 9.97. The molecular weight excluding hydrogens is 264 g/mol. The maximum atomic E-state index is 9.97. The number of aromatic nitrogens is 3. The van der Waals surface area contributed by atoms with Crippen molar-refractivity contribution in [1.82, 2.24) is 15.0 Å². The molecule has 0 aliphatic heterocycles. The largest absolute Gasteiger partial charge is 0.389 e. The predicted octanol–water partition coefficient (Wildman–Crippen LogP) is 2.31. The molecule has 5 heteroatoms. The number of nitrogens with zero attached hydrogens (tertiary/aromatic N) is 4. The van der Waals surface area contributed by atoms with E-state index in [0.29, 0.717) is 12.4 Å². The smallest absolute Gasteiger partial charge is 0.161 e. The molecule has 0 radical (unpaired) electrons. The molecule has 0 saturated heterocycles. The van der Waals surface area contributed by atoms with Gasteiger partial charge in [-0.3, -0.25) is 4.98 Å². The molecule has 2 aromatic rings. The molecule has 2 rings (SSSR count). The number of hydrogen-bond donors (Lipinski definition) is 1. The van der Waals surface area contributed by atoms with Crippen molar-refractivity contribution in [2.45, 2.75) is 32.8 Å². The molecule has 0 aromatic carbocycles. The third-order valence-corrected chi connectivity index (χ3v) is 3.08. The molecule has 0 bridgehead atoms. The van der Waals surface area contributed by atoms with Gasteiger partial charge in [0, 0.05) is 43.3 Å². The Labute approximate surface area is 125 Å². The lowest BCUT2D eigenvalue weighted by Crippen LogP contribution is -2.36. The molecule has 1 N–H and O–H groups in total. The Morgan fingerprint density at radius 2 is 1.86 bits per heavy atom. The third-order valence-electron chi connectivity index (χ3n) is 3.08. The highest BCUT2D eigenvalue weighted by atomic mass is 16.3. The van der Waals surface area contributed by atoms with Crippen LogP contribution in [0.5, 0.6) is 0 Å². The molecule has 0 fully saturated rings. The molecule has 0 aliphatic carbocycles. The average Bonchev–Trinajstić information content (AvgIpc) is 2.46. The summed E-state index contributed by atoms with van der Waals surface area (Å²) in [6.07, 6.45) is 4.30. The summed E-state index contributed by atoms with van der Waals surface area (Å²) in [7, 11) is 1.93. The van der Waals surface area contributed by atoms with Gasteiger partial charge in [0.25, 0.3) is 0 Å². The van der Waals surface area contributed by atoms with E-state index >= 15 is 0 Å². The van der Waals surface area contributed by atoms with Gasteiger partial charge in [0.2, 0.25) is 0 Å². The second-order valence-electron chi connectivity index (χ2n) is 5.80. The molecule has 0 amide bonds. The molecule has 21 heavy (non-hydrogen) atoms. The number of aliphatic hydroxyl groups is 1. The van der Waals surface area contributed by atoms with Gasteiger partial charge >= 0.3 is 0 Å². The summed E-state index contributed by atoms with van der Waals surface area (Å²) in [6.45, 7) is 6.14. The molecule has 0 saturated carbocycles.